The first kappa shape index (κ1) is 14.3. The molecular weight excluding hydrogens is 274 g/mol. The van der Waals surface area contributed by atoms with Crippen molar-refractivity contribution in [1.29, 1.82) is 0 Å². The molecule has 1 saturated heterocycles. The monoisotopic (exact) mass is 297 g/mol. The van der Waals surface area contributed by atoms with E-state index in [4.69, 9.17) is 17.3 Å². The molecule has 1 aliphatic heterocycles. The second-order valence-electron chi connectivity index (χ2n) is 5.87. The van der Waals surface area contributed by atoms with Gasteiger partial charge in [0, 0.05) is 38.8 Å². The minimum atomic E-state index is 0.163. The molecule has 1 unspecified atom stereocenters. The van der Waals surface area contributed by atoms with E-state index < -0.39 is 0 Å². The van der Waals surface area contributed by atoms with Crippen LogP contribution in [0.25, 0.3) is 0 Å². The highest BCUT2D eigenvalue weighted by atomic mass is 35.5. The van der Waals surface area contributed by atoms with Crippen LogP contribution in [0.1, 0.15) is 37.4 Å². The fourth-order valence-corrected chi connectivity index (χ4v) is 3.88. The molecule has 0 radical (unpaired) electrons. The zero-order valence-corrected chi connectivity index (χ0v) is 12.6. The Labute approximate surface area is 125 Å². The molecule has 6 heteroatoms. The minimum Gasteiger partial charge on any atom is -0.346 e. The van der Waals surface area contributed by atoms with E-state index in [1.807, 2.05) is 0 Å². The van der Waals surface area contributed by atoms with E-state index >= 15 is 0 Å². The Kier molecular flexibility index (Phi) is 4.61. The van der Waals surface area contributed by atoms with E-state index in [0.717, 1.165) is 37.9 Å². The van der Waals surface area contributed by atoms with Crippen molar-refractivity contribution < 1.29 is 0 Å². The molecule has 1 atom stereocenters. The normalized spacial score (nSPS) is 24.3. The molecule has 1 saturated carbocycles. The van der Waals surface area contributed by atoms with Crippen LogP contribution in [0.15, 0.2) is 6.33 Å². The lowest BCUT2D eigenvalue weighted by Gasteiger charge is -2.41. The second kappa shape index (κ2) is 6.43. The van der Waals surface area contributed by atoms with E-state index in [9.17, 15) is 0 Å². The molecule has 1 aromatic heterocycles. The predicted octanol–water partition coefficient (Wildman–Crippen LogP) is 1.62. The summed E-state index contributed by atoms with van der Waals surface area (Å²) in [5, 5.41) is 0.554. The quantitative estimate of drug-likeness (QED) is 0.887. The molecule has 112 valence electrons. The van der Waals surface area contributed by atoms with Gasteiger partial charge in [-0.1, -0.05) is 24.4 Å². The van der Waals surface area contributed by atoms with Crippen LogP contribution in [-0.4, -0.2) is 58.5 Å². The van der Waals surface area contributed by atoms with Crippen molar-refractivity contribution in [2.45, 2.75) is 37.8 Å². The zero-order chi connectivity index (χ0) is 13.9. The summed E-state index contributed by atoms with van der Waals surface area (Å²) in [6.07, 6.45) is 7.22. The number of nitrogens with one attached hydrogen (secondary N) is 1. The number of imidazole rings is 1. The number of aromatic amines is 1. The van der Waals surface area contributed by atoms with Crippen LogP contribution in [0.2, 0.25) is 5.15 Å². The minimum absolute atomic E-state index is 0.163. The summed E-state index contributed by atoms with van der Waals surface area (Å²) in [6.45, 7) is 4.99. The van der Waals surface area contributed by atoms with Crippen molar-refractivity contribution in [3.8, 4) is 0 Å². The fraction of sp³-hybridized carbons (Fsp3) is 0.786. The van der Waals surface area contributed by atoms with Crippen LogP contribution in [0.4, 0.5) is 0 Å². The Bertz CT molecular complexity index is 421. The van der Waals surface area contributed by atoms with Crippen LogP contribution in [-0.2, 0) is 0 Å². The lowest BCUT2D eigenvalue weighted by Crippen LogP contribution is -2.51. The van der Waals surface area contributed by atoms with E-state index in [-0.39, 0.29) is 6.04 Å². The maximum absolute atomic E-state index is 6.13. The average Bonchev–Trinajstić information content (AvgIpc) is 3.13. The van der Waals surface area contributed by atoms with Gasteiger partial charge in [0.25, 0.3) is 0 Å². The van der Waals surface area contributed by atoms with Crippen molar-refractivity contribution in [2.75, 3.05) is 32.7 Å². The summed E-state index contributed by atoms with van der Waals surface area (Å²) in [6, 6.07) is 0.986. The lowest BCUT2D eigenvalue weighted by molar-refractivity contribution is 0.0712. The maximum Gasteiger partial charge on any atom is 0.151 e. The number of hydrogen-bond acceptors (Lipinski definition) is 4. The van der Waals surface area contributed by atoms with E-state index in [2.05, 4.69) is 19.8 Å². The summed E-state index contributed by atoms with van der Waals surface area (Å²) >= 11 is 6.13. The van der Waals surface area contributed by atoms with Gasteiger partial charge in [-0.15, -0.1) is 0 Å². The smallest absolute Gasteiger partial charge is 0.151 e. The van der Waals surface area contributed by atoms with Crippen LogP contribution in [0.3, 0.4) is 0 Å². The molecule has 2 aliphatic rings. The number of rotatable bonds is 4. The standard InChI is InChI=1S/C14H24ClN5/c15-14-13(17-10-18-14)12(9-16)20-7-5-19(6-8-20)11-3-1-2-4-11/h10-12H,1-9,16H2,(H,17,18). The molecule has 0 aromatic carbocycles. The van der Waals surface area contributed by atoms with E-state index in [0.29, 0.717) is 11.7 Å². The topological polar surface area (TPSA) is 61.2 Å². The zero-order valence-electron chi connectivity index (χ0n) is 11.9. The third-order valence-corrected chi connectivity index (χ3v) is 5.11. The van der Waals surface area contributed by atoms with E-state index in [1.54, 1.807) is 6.33 Å². The number of halogens is 1. The Morgan fingerprint density at radius 2 is 2.00 bits per heavy atom. The lowest BCUT2D eigenvalue weighted by atomic mass is 10.1. The van der Waals surface area contributed by atoms with Gasteiger partial charge in [-0.05, 0) is 12.8 Å². The fourth-order valence-electron chi connectivity index (χ4n) is 3.65. The third kappa shape index (κ3) is 2.86. The number of aromatic nitrogens is 2. The van der Waals surface area contributed by atoms with Gasteiger partial charge in [0.1, 0.15) is 0 Å². The van der Waals surface area contributed by atoms with Crippen molar-refractivity contribution >= 4 is 11.6 Å². The molecule has 0 bridgehead atoms. The van der Waals surface area contributed by atoms with Crippen molar-refractivity contribution in [2.24, 2.45) is 5.73 Å². The number of nitrogens with zero attached hydrogens (tertiary/aromatic N) is 3. The molecule has 0 amide bonds. The molecule has 1 aliphatic carbocycles. The van der Waals surface area contributed by atoms with Gasteiger partial charge in [-0.3, -0.25) is 9.80 Å². The summed E-state index contributed by atoms with van der Waals surface area (Å²) in [5.41, 5.74) is 6.92. The molecule has 2 fully saturated rings. The van der Waals surface area contributed by atoms with Crippen molar-refractivity contribution in [1.82, 2.24) is 19.8 Å². The Morgan fingerprint density at radius 3 is 2.55 bits per heavy atom. The SMILES string of the molecule is NCC(c1[nH]cnc1Cl)N1CCN(C2CCCC2)CC1. The highest BCUT2D eigenvalue weighted by Gasteiger charge is 2.30. The van der Waals surface area contributed by atoms with Gasteiger partial charge in [-0.2, -0.15) is 0 Å². The highest BCUT2D eigenvalue weighted by Crippen LogP contribution is 2.28. The molecule has 0 spiro atoms. The number of hydrogen-bond donors (Lipinski definition) is 2. The summed E-state index contributed by atoms with van der Waals surface area (Å²) < 4.78 is 0. The van der Waals surface area contributed by atoms with Gasteiger partial charge in [0.05, 0.1) is 18.1 Å². The van der Waals surface area contributed by atoms with Crippen molar-refractivity contribution in [3.63, 3.8) is 0 Å². The molecule has 20 heavy (non-hydrogen) atoms. The summed E-state index contributed by atoms with van der Waals surface area (Å²) in [7, 11) is 0. The maximum atomic E-state index is 6.13. The number of nitrogens with two attached hydrogens (primary N) is 1. The molecule has 2 heterocycles. The Morgan fingerprint density at radius 1 is 1.30 bits per heavy atom. The van der Waals surface area contributed by atoms with Gasteiger partial charge in [0.15, 0.2) is 5.15 Å². The number of H-pyrrole nitrogens is 1. The van der Waals surface area contributed by atoms with Crippen LogP contribution < -0.4 is 5.73 Å². The summed E-state index contributed by atoms with van der Waals surface area (Å²) in [4.78, 5) is 12.3. The van der Waals surface area contributed by atoms with Crippen LogP contribution in [0.5, 0.6) is 0 Å². The predicted molar refractivity (Wildman–Crippen MR) is 80.8 cm³/mol. The van der Waals surface area contributed by atoms with E-state index in [1.165, 1.54) is 25.7 Å². The molecular formula is C14H24ClN5. The molecule has 3 rings (SSSR count). The second-order valence-corrected chi connectivity index (χ2v) is 6.23. The first-order valence-corrected chi connectivity index (χ1v) is 8.04. The van der Waals surface area contributed by atoms with Crippen LogP contribution in [0, 0.1) is 0 Å². The first-order valence-electron chi connectivity index (χ1n) is 7.66. The number of piperazine rings is 1. The van der Waals surface area contributed by atoms with Gasteiger partial charge < -0.3 is 10.7 Å². The molecule has 1 aromatic rings. The van der Waals surface area contributed by atoms with Gasteiger partial charge in [-0.25, -0.2) is 4.98 Å². The highest BCUT2D eigenvalue weighted by molar-refractivity contribution is 6.30. The molecule has 3 N–H and O–H groups in total. The Balaban J connectivity index is 1.60. The Hall–Kier alpha value is -0.620. The van der Waals surface area contributed by atoms with Crippen LogP contribution >= 0.6 is 11.6 Å². The molecule has 5 nitrogen and oxygen atoms in total. The third-order valence-electron chi connectivity index (χ3n) is 4.81. The van der Waals surface area contributed by atoms with Gasteiger partial charge >= 0.3 is 0 Å². The van der Waals surface area contributed by atoms with Gasteiger partial charge in [0.2, 0.25) is 0 Å². The van der Waals surface area contributed by atoms with Crippen molar-refractivity contribution in [3.05, 3.63) is 17.2 Å². The largest absolute Gasteiger partial charge is 0.346 e. The summed E-state index contributed by atoms with van der Waals surface area (Å²) in [5.74, 6) is 0. The average molecular weight is 298 g/mol. The first-order chi connectivity index (χ1) is 9.79.